The van der Waals surface area contributed by atoms with E-state index < -0.39 is 11.6 Å². The van der Waals surface area contributed by atoms with E-state index in [9.17, 15) is 9.59 Å². The van der Waals surface area contributed by atoms with Crippen molar-refractivity contribution in [3.05, 3.63) is 71.8 Å². The Bertz CT molecular complexity index is 1080. The summed E-state index contributed by atoms with van der Waals surface area (Å²) in [7, 11) is 1.65. The summed E-state index contributed by atoms with van der Waals surface area (Å²) in [6.07, 6.45) is 5.14. The molecule has 1 amide bonds. The van der Waals surface area contributed by atoms with Gasteiger partial charge >= 0.3 is 0 Å². The van der Waals surface area contributed by atoms with Crippen molar-refractivity contribution in [2.75, 3.05) is 13.7 Å². The first-order chi connectivity index (χ1) is 18.7. The summed E-state index contributed by atoms with van der Waals surface area (Å²) >= 11 is 0. The van der Waals surface area contributed by atoms with Gasteiger partial charge in [0, 0.05) is 13.5 Å². The van der Waals surface area contributed by atoms with Gasteiger partial charge in [-0.25, -0.2) is 4.98 Å². The van der Waals surface area contributed by atoms with Crippen LogP contribution in [0, 0.1) is 0 Å². The number of aldehydes is 2. The number of aromatic nitrogens is 2. The van der Waals surface area contributed by atoms with Gasteiger partial charge in [-0.3, -0.25) is 9.20 Å². The van der Waals surface area contributed by atoms with Crippen LogP contribution in [0.2, 0.25) is 0 Å². The molecule has 1 unspecified atom stereocenters. The number of nitrogens with zero attached hydrogens (tertiary/aromatic N) is 2. The number of benzene rings is 1. The van der Waals surface area contributed by atoms with E-state index in [4.69, 9.17) is 20.0 Å². The molecule has 3 N–H and O–H groups in total. The summed E-state index contributed by atoms with van der Waals surface area (Å²) in [5.41, 5.74) is 7.89. The number of imidazole rings is 1. The lowest BCUT2D eigenvalue weighted by Gasteiger charge is -2.24. The zero-order chi connectivity index (χ0) is 29.7. The fraction of sp³-hybridized carbons (Fsp3) is 0.467. The highest BCUT2D eigenvalue weighted by molar-refractivity contribution is 5.85. The minimum absolute atomic E-state index is 0.261. The number of hydrogen-bond acceptors (Lipinski definition) is 7. The maximum atomic E-state index is 12.6. The van der Waals surface area contributed by atoms with Crippen LogP contribution in [0.3, 0.4) is 0 Å². The van der Waals surface area contributed by atoms with Gasteiger partial charge in [-0.15, -0.1) is 0 Å². The molecule has 3 rings (SSSR count). The lowest BCUT2D eigenvalue weighted by Crippen LogP contribution is -2.51. The first kappa shape index (κ1) is 35.6. The fourth-order valence-electron chi connectivity index (χ4n) is 3.16. The molecule has 0 aliphatic carbocycles. The minimum atomic E-state index is -1.01. The lowest BCUT2D eigenvalue weighted by atomic mass is 10.1. The molecule has 39 heavy (non-hydrogen) atoms. The highest BCUT2D eigenvalue weighted by Gasteiger charge is 2.28. The molecule has 2 heterocycles. The Balaban J connectivity index is 0.00000125. The van der Waals surface area contributed by atoms with E-state index in [1.165, 1.54) is 6.92 Å². The van der Waals surface area contributed by atoms with Crippen LogP contribution in [0.25, 0.3) is 5.52 Å². The van der Waals surface area contributed by atoms with Crippen LogP contribution in [0.4, 0.5) is 0 Å². The SMILES string of the molecule is CC.CC=O.CCCC=O.COCc1cccc2cnc(C(COCc3ccccc3)NC(=O)C(C)(C)N)n12. The highest BCUT2D eigenvalue weighted by atomic mass is 16.5. The predicted molar refractivity (Wildman–Crippen MR) is 155 cm³/mol. The molecular formula is C30H46N4O5. The molecule has 3 aromatic rings. The van der Waals surface area contributed by atoms with Crippen molar-refractivity contribution < 1.29 is 23.9 Å². The van der Waals surface area contributed by atoms with Gasteiger partial charge in [-0.2, -0.15) is 0 Å². The number of ether oxygens (including phenoxy) is 2. The first-order valence-electron chi connectivity index (χ1n) is 13.2. The van der Waals surface area contributed by atoms with Gasteiger partial charge in [0.1, 0.15) is 24.4 Å². The van der Waals surface area contributed by atoms with Crippen LogP contribution in [0.15, 0.2) is 54.7 Å². The number of amides is 1. The maximum Gasteiger partial charge on any atom is 0.240 e. The summed E-state index contributed by atoms with van der Waals surface area (Å²) in [4.78, 5) is 35.4. The van der Waals surface area contributed by atoms with Gasteiger partial charge in [-0.05, 0) is 44.9 Å². The minimum Gasteiger partial charge on any atom is -0.378 e. The molecule has 1 atom stereocenters. The average molecular weight is 543 g/mol. The number of nitrogens with two attached hydrogens (primary N) is 1. The number of pyridine rings is 1. The van der Waals surface area contributed by atoms with Crippen molar-refractivity contribution in [2.45, 2.75) is 79.2 Å². The van der Waals surface area contributed by atoms with Crippen LogP contribution in [0.1, 0.15) is 77.5 Å². The monoisotopic (exact) mass is 542 g/mol. The van der Waals surface area contributed by atoms with Crippen LogP contribution in [0.5, 0.6) is 0 Å². The highest BCUT2D eigenvalue weighted by Crippen LogP contribution is 2.20. The first-order valence-corrected chi connectivity index (χ1v) is 13.2. The quantitative estimate of drug-likeness (QED) is 0.333. The molecule has 9 nitrogen and oxygen atoms in total. The third kappa shape index (κ3) is 13.3. The largest absolute Gasteiger partial charge is 0.378 e. The molecule has 0 bridgehead atoms. The maximum absolute atomic E-state index is 12.6. The van der Waals surface area contributed by atoms with Crippen molar-refractivity contribution in [2.24, 2.45) is 5.73 Å². The van der Waals surface area contributed by atoms with E-state index >= 15 is 0 Å². The molecule has 1 aromatic carbocycles. The Morgan fingerprint density at radius 2 is 1.74 bits per heavy atom. The van der Waals surface area contributed by atoms with Crippen molar-refractivity contribution >= 4 is 24.0 Å². The van der Waals surface area contributed by atoms with E-state index in [0.29, 0.717) is 25.5 Å². The second-order valence-corrected chi connectivity index (χ2v) is 8.77. The van der Waals surface area contributed by atoms with Crippen LogP contribution in [-0.2, 0) is 37.1 Å². The smallest absolute Gasteiger partial charge is 0.240 e. The van der Waals surface area contributed by atoms with Gasteiger partial charge in [0.05, 0.1) is 42.8 Å². The normalized spacial score (nSPS) is 11.0. The van der Waals surface area contributed by atoms with Crippen molar-refractivity contribution in [1.82, 2.24) is 14.7 Å². The second-order valence-electron chi connectivity index (χ2n) is 8.77. The van der Waals surface area contributed by atoms with E-state index in [0.717, 1.165) is 35.8 Å². The molecule has 0 saturated heterocycles. The van der Waals surface area contributed by atoms with Crippen molar-refractivity contribution in [3.8, 4) is 0 Å². The summed E-state index contributed by atoms with van der Waals surface area (Å²) in [6, 6.07) is 15.3. The van der Waals surface area contributed by atoms with Crippen molar-refractivity contribution in [3.63, 3.8) is 0 Å². The number of hydrogen-bond donors (Lipinski definition) is 2. The van der Waals surface area contributed by atoms with Crippen LogP contribution in [-0.4, -0.2) is 47.1 Å². The Labute approximate surface area is 233 Å². The van der Waals surface area contributed by atoms with Gasteiger partial charge in [-0.1, -0.05) is 57.2 Å². The number of carbonyl (C=O) groups is 3. The van der Waals surface area contributed by atoms with Gasteiger partial charge in [0.2, 0.25) is 5.91 Å². The van der Waals surface area contributed by atoms with E-state index in [-0.39, 0.29) is 12.5 Å². The number of fused-ring (bicyclic) bond motifs is 1. The van der Waals surface area contributed by atoms with Gasteiger partial charge in [0.25, 0.3) is 0 Å². The summed E-state index contributed by atoms with van der Waals surface area (Å²) in [6.45, 7) is 11.9. The molecule has 0 aliphatic rings. The molecule has 0 spiro atoms. The molecule has 0 saturated carbocycles. The molecule has 0 fully saturated rings. The van der Waals surface area contributed by atoms with E-state index in [1.807, 2.05) is 73.7 Å². The zero-order valence-electron chi connectivity index (χ0n) is 24.5. The van der Waals surface area contributed by atoms with E-state index in [2.05, 4.69) is 10.3 Å². The number of unbranched alkanes of at least 4 members (excludes halogenated alkanes) is 1. The summed E-state index contributed by atoms with van der Waals surface area (Å²) in [5, 5.41) is 2.99. The predicted octanol–water partition coefficient (Wildman–Crippen LogP) is 4.81. The number of nitrogens with one attached hydrogen (secondary N) is 1. The summed E-state index contributed by atoms with van der Waals surface area (Å²) < 4.78 is 13.2. The molecule has 0 radical (unpaired) electrons. The standard InChI is InChI=1S/C22H28N4O3.C4H8O.C2H4O.C2H6/c1-22(2,23)21(27)25-19(15-29-13-16-8-5-4-6-9-16)20-24-12-17-10-7-11-18(14-28-3)26(17)20;1-2-3-4-5;1-2-3;1-2/h4-12,19H,13-15,23H2,1-3H3,(H,25,27);4H,2-3H2,1H3;2H,1H3;1-2H3. The Kier molecular flexibility index (Phi) is 18.8. The topological polar surface area (TPSA) is 125 Å². The molecule has 0 aliphatic heterocycles. The van der Waals surface area contributed by atoms with E-state index in [1.54, 1.807) is 27.2 Å². The van der Waals surface area contributed by atoms with Crippen LogP contribution < -0.4 is 11.1 Å². The van der Waals surface area contributed by atoms with Crippen LogP contribution >= 0.6 is 0 Å². The molecular weight excluding hydrogens is 496 g/mol. The zero-order valence-corrected chi connectivity index (χ0v) is 24.5. The number of rotatable bonds is 11. The van der Waals surface area contributed by atoms with Gasteiger partial charge in [0.15, 0.2) is 0 Å². The number of methoxy groups -OCH3 is 1. The third-order valence-electron chi connectivity index (χ3n) is 4.96. The third-order valence-corrected chi connectivity index (χ3v) is 4.96. The second kappa shape index (κ2) is 20.5. The fourth-order valence-corrected chi connectivity index (χ4v) is 3.16. The lowest BCUT2D eigenvalue weighted by molar-refractivity contribution is -0.126. The van der Waals surface area contributed by atoms with Crippen molar-refractivity contribution in [1.29, 1.82) is 0 Å². The number of carbonyl (C=O) groups excluding carboxylic acids is 3. The Morgan fingerprint density at radius 1 is 1.10 bits per heavy atom. The Morgan fingerprint density at radius 3 is 2.26 bits per heavy atom. The average Bonchev–Trinajstić information content (AvgIpc) is 3.36. The molecule has 2 aromatic heterocycles. The Hall–Kier alpha value is -3.40. The van der Waals surface area contributed by atoms with Gasteiger partial charge < -0.3 is 30.1 Å². The molecule has 9 heteroatoms. The molecule has 216 valence electrons. The summed E-state index contributed by atoms with van der Waals surface area (Å²) in [5.74, 6) is 0.407.